The van der Waals surface area contributed by atoms with Crippen LogP contribution in [0.3, 0.4) is 0 Å². The minimum absolute atomic E-state index is 0.430. The van der Waals surface area contributed by atoms with Gasteiger partial charge in [0, 0.05) is 32.6 Å². The maximum Gasteiger partial charge on any atom is 0.178 e. The molecule has 0 aliphatic carbocycles. The van der Waals surface area contributed by atoms with Crippen LogP contribution in [0.4, 0.5) is 23.0 Å². The predicted molar refractivity (Wildman–Crippen MR) is 78.5 cm³/mol. The van der Waals surface area contributed by atoms with Crippen LogP contribution in [0.25, 0.3) is 0 Å². The van der Waals surface area contributed by atoms with Gasteiger partial charge in [-0.05, 0) is 12.1 Å². The Morgan fingerprint density at radius 1 is 1.05 bits per heavy atom. The van der Waals surface area contributed by atoms with Crippen molar-refractivity contribution in [1.82, 2.24) is 9.97 Å². The molecule has 0 bridgehead atoms. The topological polar surface area (TPSA) is 67.5 Å². The Labute approximate surface area is 117 Å². The molecular weight excluding hydrogens is 254 g/mol. The first kappa shape index (κ1) is 12.8. The van der Waals surface area contributed by atoms with E-state index in [1.54, 1.807) is 19.5 Å². The number of fused-ring (bicyclic) bond motifs is 2. The Hall–Kier alpha value is -2.18. The van der Waals surface area contributed by atoms with Gasteiger partial charge in [0.05, 0.1) is 11.4 Å². The molecule has 1 aromatic carbocycles. The van der Waals surface area contributed by atoms with Crippen molar-refractivity contribution in [2.45, 2.75) is 0 Å². The zero-order valence-corrected chi connectivity index (χ0v) is 11.4. The smallest absolute Gasteiger partial charge is 0.178 e. The van der Waals surface area contributed by atoms with Gasteiger partial charge in [0.15, 0.2) is 11.6 Å². The lowest BCUT2D eigenvalue weighted by atomic mass is 10.1. The molecule has 2 heterocycles. The lowest BCUT2D eigenvalue weighted by Crippen LogP contribution is -2.34. The average molecular weight is 271 g/mol. The fourth-order valence-electron chi connectivity index (χ4n) is 2.47. The molecule has 0 fully saturated rings. The van der Waals surface area contributed by atoms with Crippen LogP contribution in [-0.2, 0) is 4.74 Å². The van der Waals surface area contributed by atoms with E-state index in [1.807, 2.05) is 17.0 Å². The number of aromatic nitrogens is 2. The fourth-order valence-corrected chi connectivity index (χ4v) is 2.47. The van der Waals surface area contributed by atoms with Crippen molar-refractivity contribution in [3.8, 4) is 0 Å². The van der Waals surface area contributed by atoms with Crippen molar-refractivity contribution in [3.05, 3.63) is 36.7 Å². The number of ether oxygens (including phenoxy) is 1. The van der Waals surface area contributed by atoms with Crippen LogP contribution in [0.2, 0.25) is 0 Å². The van der Waals surface area contributed by atoms with E-state index in [9.17, 15) is 0 Å². The van der Waals surface area contributed by atoms with Crippen molar-refractivity contribution in [2.24, 2.45) is 5.73 Å². The molecule has 20 heavy (non-hydrogen) atoms. The molecule has 1 aliphatic heterocycles. The molecule has 104 valence electrons. The molecule has 3 rings (SSSR count). The number of hydrogen-bond donors (Lipinski definition) is 1. The second kappa shape index (κ2) is 5.44. The molecule has 0 saturated heterocycles. The predicted octanol–water partition coefficient (Wildman–Crippen LogP) is 1.63. The summed E-state index contributed by atoms with van der Waals surface area (Å²) >= 11 is 0. The molecule has 0 amide bonds. The summed E-state index contributed by atoms with van der Waals surface area (Å²) in [4.78, 5) is 13.0. The number of methoxy groups -OCH3 is 1. The Morgan fingerprint density at radius 3 is 2.25 bits per heavy atom. The first-order chi connectivity index (χ1) is 9.86. The van der Waals surface area contributed by atoms with Gasteiger partial charge in [0.25, 0.3) is 0 Å². The Bertz CT molecular complexity index is 504. The van der Waals surface area contributed by atoms with Crippen molar-refractivity contribution < 1.29 is 4.74 Å². The van der Waals surface area contributed by atoms with E-state index < -0.39 is 0 Å². The third-order valence-corrected chi connectivity index (χ3v) is 3.25. The molecule has 0 spiro atoms. The van der Waals surface area contributed by atoms with Gasteiger partial charge < -0.3 is 15.4 Å². The maximum atomic E-state index is 5.74. The highest BCUT2D eigenvalue weighted by atomic mass is 16.5. The Kier molecular flexibility index (Phi) is 3.49. The second-order valence-electron chi connectivity index (χ2n) is 4.48. The van der Waals surface area contributed by atoms with Crippen LogP contribution >= 0.6 is 0 Å². The zero-order chi connectivity index (χ0) is 13.9. The number of anilines is 4. The van der Waals surface area contributed by atoms with Gasteiger partial charge in [-0.15, -0.1) is 0 Å². The van der Waals surface area contributed by atoms with Crippen LogP contribution in [0.15, 0.2) is 36.7 Å². The minimum atomic E-state index is 0.430. The summed E-state index contributed by atoms with van der Waals surface area (Å²) in [5.74, 6) is 1.61. The molecule has 0 saturated carbocycles. The van der Waals surface area contributed by atoms with E-state index in [0.29, 0.717) is 19.8 Å². The van der Waals surface area contributed by atoms with E-state index in [1.165, 1.54) is 0 Å². The van der Waals surface area contributed by atoms with Crippen LogP contribution in [-0.4, -0.2) is 36.9 Å². The molecule has 6 nitrogen and oxygen atoms in total. The SMILES string of the molecule is COCN1c2ccccc2N(CCN)c2nccnc21. The minimum Gasteiger partial charge on any atom is -0.364 e. The third-order valence-electron chi connectivity index (χ3n) is 3.25. The summed E-state index contributed by atoms with van der Waals surface area (Å²) in [6.45, 7) is 1.68. The quantitative estimate of drug-likeness (QED) is 0.911. The summed E-state index contributed by atoms with van der Waals surface area (Å²) in [5.41, 5.74) is 7.86. The number of rotatable bonds is 4. The number of para-hydroxylation sites is 2. The third kappa shape index (κ3) is 1.99. The van der Waals surface area contributed by atoms with Gasteiger partial charge in [-0.25, -0.2) is 9.97 Å². The second-order valence-corrected chi connectivity index (χ2v) is 4.48. The van der Waals surface area contributed by atoms with Crippen molar-refractivity contribution in [2.75, 3.05) is 36.7 Å². The highest BCUT2D eigenvalue weighted by Crippen LogP contribution is 2.44. The average Bonchev–Trinajstić information content (AvgIpc) is 2.50. The first-order valence-corrected chi connectivity index (χ1v) is 6.51. The monoisotopic (exact) mass is 271 g/mol. The molecule has 1 aliphatic rings. The Balaban J connectivity index is 2.17. The van der Waals surface area contributed by atoms with E-state index in [0.717, 1.165) is 23.0 Å². The van der Waals surface area contributed by atoms with Gasteiger partial charge in [-0.2, -0.15) is 0 Å². The summed E-state index contributed by atoms with van der Waals surface area (Å²) < 4.78 is 5.31. The fraction of sp³-hybridized carbons (Fsp3) is 0.286. The van der Waals surface area contributed by atoms with Crippen LogP contribution in [0, 0.1) is 0 Å². The molecule has 2 aromatic rings. The van der Waals surface area contributed by atoms with E-state index in [-0.39, 0.29) is 0 Å². The molecule has 1 aromatic heterocycles. The van der Waals surface area contributed by atoms with Crippen LogP contribution in [0.5, 0.6) is 0 Å². The van der Waals surface area contributed by atoms with Gasteiger partial charge in [-0.1, -0.05) is 12.1 Å². The largest absolute Gasteiger partial charge is 0.364 e. The standard InChI is InChI=1S/C14H17N5O/c1-20-10-19-12-5-3-2-4-11(12)18(9-6-15)13-14(19)17-8-7-16-13/h2-5,7-8H,6,9-10,15H2,1H3. The highest BCUT2D eigenvalue weighted by Gasteiger charge is 2.29. The molecular formula is C14H17N5O. The summed E-state index contributed by atoms with van der Waals surface area (Å²) in [6, 6.07) is 8.12. The normalized spacial score (nSPS) is 13.1. The van der Waals surface area contributed by atoms with Gasteiger partial charge in [0.1, 0.15) is 6.73 Å². The summed E-state index contributed by atoms with van der Waals surface area (Å²) in [5, 5.41) is 0. The van der Waals surface area contributed by atoms with Crippen LogP contribution in [0.1, 0.15) is 0 Å². The summed E-state index contributed by atoms with van der Waals surface area (Å²) in [7, 11) is 1.67. The first-order valence-electron chi connectivity index (χ1n) is 6.51. The Morgan fingerprint density at radius 2 is 1.65 bits per heavy atom. The van der Waals surface area contributed by atoms with Crippen LogP contribution < -0.4 is 15.5 Å². The van der Waals surface area contributed by atoms with Crippen molar-refractivity contribution in [1.29, 1.82) is 0 Å². The maximum absolute atomic E-state index is 5.74. The molecule has 0 unspecified atom stereocenters. The van der Waals surface area contributed by atoms with Crippen molar-refractivity contribution >= 4 is 23.0 Å². The molecule has 2 N–H and O–H groups in total. The van der Waals surface area contributed by atoms with E-state index in [2.05, 4.69) is 27.0 Å². The number of nitrogens with two attached hydrogens (primary N) is 1. The number of hydrogen-bond acceptors (Lipinski definition) is 6. The number of benzene rings is 1. The van der Waals surface area contributed by atoms with E-state index >= 15 is 0 Å². The van der Waals surface area contributed by atoms with Gasteiger partial charge in [0.2, 0.25) is 0 Å². The highest BCUT2D eigenvalue weighted by molar-refractivity contribution is 5.89. The number of nitrogens with zero attached hydrogens (tertiary/aromatic N) is 4. The van der Waals surface area contributed by atoms with Gasteiger partial charge >= 0.3 is 0 Å². The van der Waals surface area contributed by atoms with Gasteiger partial charge in [-0.3, -0.25) is 4.90 Å². The van der Waals surface area contributed by atoms with E-state index in [4.69, 9.17) is 10.5 Å². The molecule has 0 atom stereocenters. The lowest BCUT2D eigenvalue weighted by Gasteiger charge is -2.37. The molecule has 0 radical (unpaired) electrons. The summed E-state index contributed by atoms with van der Waals surface area (Å²) in [6.07, 6.45) is 3.39. The van der Waals surface area contributed by atoms with Crippen molar-refractivity contribution in [3.63, 3.8) is 0 Å². The zero-order valence-electron chi connectivity index (χ0n) is 11.4. The molecule has 6 heteroatoms. The lowest BCUT2D eigenvalue weighted by molar-refractivity contribution is 0.205.